The topological polar surface area (TPSA) is 83.8 Å². The number of nitrogens with one attached hydrogen (secondary N) is 2. The molecule has 0 radical (unpaired) electrons. The minimum Gasteiger partial charge on any atom is -0.320 e. The van der Waals surface area contributed by atoms with Crippen LogP contribution < -0.4 is 11.1 Å². The Morgan fingerprint density at radius 1 is 1.63 bits per heavy atom. The quantitative estimate of drug-likeness (QED) is 0.785. The molecule has 2 aromatic heterocycles. The number of carbonyl (C=O) groups excluding carboxylic acids is 1. The molecule has 0 saturated carbocycles. The Morgan fingerprint density at radius 2 is 2.42 bits per heavy atom. The number of thiophene rings is 1. The summed E-state index contributed by atoms with van der Waals surface area (Å²) in [6.07, 6.45) is 0.871. The van der Waals surface area contributed by atoms with Crippen LogP contribution in [0.3, 0.4) is 0 Å². The first-order chi connectivity index (χ1) is 9.11. The summed E-state index contributed by atoms with van der Waals surface area (Å²) in [5.74, 6) is 0.460. The van der Waals surface area contributed by atoms with Crippen molar-refractivity contribution in [2.24, 2.45) is 11.7 Å². The van der Waals surface area contributed by atoms with E-state index in [0.29, 0.717) is 5.82 Å². The fourth-order valence-electron chi connectivity index (χ4n) is 1.67. The zero-order valence-corrected chi connectivity index (χ0v) is 11.8. The highest BCUT2D eigenvalue weighted by Gasteiger charge is 2.20. The van der Waals surface area contributed by atoms with E-state index in [4.69, 9.17) is 5.73 Å². The van der Waals surface area contributed by atoms with Gasteiger partial charge in [0.2, 0.25) is 5.91 Å². The first-order valence-electron chi connectivity index (χ1n) is 6.27. The molecule has 2 atom stereocenters. The second-order valence-corrected chi connectivity index (χ2v) is 5.49. The minimum atomic E-state index is -0.508. The van der Waals surface area contributed by atoms with E-state index >= 15 is 0 Å². The van der Waals surface area contributed by atoms with Crippen molar-refractivity contribution in [3.05, 3.63) is 23.6 Å². The summed E-state index contributed by atoms with van der Waals surface area (Å²) in [6, 6.07) is 5.27. The molecule has 0 fully saturated rings. The van der Waals surface area contributed by atoms with Crippen LogP contribution >= 0.6 is 11.3 Å². The van der Waals surface area contributed by atoms with Crippen LogP contribution in [-0.4, -0.2) is 22.1 Å². The number of hydrogen-bond acceptors (Lipinski definition) is 4. The molecule has 19 heavy (non-hydrogen) atoms. The van der Waals surface area contributed by atoms with Gasteiger partial charge in [-0.1, -0.05) is 26.3 Å². The van der Waals surface area contributed by atoms with Gasteiger partial charge in [0, 0.05) is 6.07 Å². The smallest absolute Gasteiger partial charge is 0.242 e. The number of nitrogens with zero attached hydrogens (tertiary/aromatic N) is 1. The van der Waals surface area contributed by atoms with Crippen LogP contribution in [-0.2, 0) is 4.79 Å². The molecule has 5 nitrogen and oxygen atoms in total. The number of aromatic amines is 1. The molecule has 1 amide bonds. The maximum absolute atomic E-state index is 11.9. The lowest BCUT2D eigenvalue weighted by Gasteiger charge is -2.16. The normalized spacial score (nSPS) is 14.1. The van der Waals surface area contributed by atoms with E-state index < -0.39 is 6.04 Å². The third-order valence-electron chi connectivity index (χ3n) is 3.18. The van der Waals surface area contributed by atoms with E-state index in [-0.39, 0.29) is 11.8 Å². The standard InChI is InChI=1S/C13H18N4OS/c1-3-8(2)12(14)13(18)15-11-7-9(16-17-11)10-5-4-6-19-10/h4-8,12H,3,14H2,1-2H3,(H2,15,16,17,18). The molecule has 0 aromatic carbocycles. The molecule has 2 rings (SSSR count). The van der Waals surface area contributed by atoms with Crippen molar-refractivity contribution in [1.29, 1.82) is 0 Å². The molecule has 0 bridgehead atoms. The van der Waals surface area contributed by atoms with Crippen molar-refractivity contribution >= 4 is 23.1 Å². The summed E-state index contributed by atoms with van der Waals surface area (Å²) in [5, 5.41) is 11.7. The minimum absolute atomic E-state index is 0.149. The van der Waals surface area contributed by atoms with E-state index in [0.717, 1.165) is 17.0 Å². The lowest BCUT2D eigenvalue weighted by Crippen LogP contribution is -2.40. The van der Waals surface area contributed by atoms with Gasteiger partial charge in [0.05, 0.1) is 16.6 Å². The zero-order chi connectivity index (χ0) is 13.8. The van der Waals surface area contributed by atoms with Crippen LogP contribution in [0.15, 0.2) is 23.6 Å². The van der Waals surface area contributed by atoms with Crippen molar-refractivity contribution in [2.45, 2.75) is 26.3 Å². The maximum Gasteiger partial charge on any atom is 0.242 e. The zero-order valence-electron chi connectivity index (χ0n) is 11.0. The Balaban J connectivity index is 2.02. The number of aromatic nitrogens is 2. The van der Waals surface area contributed by atoms with Gasteiger partial charge in [0.1, 0.15) is 0 Å². The third kappa shape index (κ3) is 3.21. The van der Waals surface area contributed by atoms with Gasteiger partial charge in [0.25, 0.3) is 0 Å². The average molecular weight is 278 g/mol. The number of hydrogen-bond donors (Lipinski definition) is 3. The number of nitrogens with two attached hydrogens (primary N) is 1. The molecule has 2 unspecified atom stereocenters. The van der Waals surface area contributed by atoms with E-state index in [1.165, 1.54) is 0 Å². The summed E-state index contributed by atoms with van der Waals surface area (Å²) in [4.78, 5) is 13.0. The highest BCUT2D eigenvalue weighted by Crippen LogP contribution is 2.24. The summed E-state index contributed by atoms with van der Waals surface area (Å²) in [6.45, 7) is 3.98. The highest BCUT2D eigenvalue weighted by molar-refractivity contribution is 7.13. The number of carbonyl (C=O) groups is 1. The van der Waals surface area contributed by atoms with E-state index in [2.05, 4.69) is 15.5 Å². The largest absolute Gasteiger partial charge is 0.320 e. The van der Waals surface area contributed by atoms with Crippen LogP contribution in [0.1, 0.15) is 20.3 Å². The first-order valence-corrected chi connectivity index (χ1v) is 7.15. The number of anilines is 1. The van der Waals surface area contributed by atoms with Crippen molar-refractivity contribution in [3.63, 3.8) is 0 Å². The van der Waals surface area contributed by atoms with Crippen molar-refractivity contribution in [1.82, 2.24) is 10.2 Å². The molecule has 4 N–H and O–H groups in total. The summed E-state index contributed by atoms with van der Waals surface area (Å²) in [7, 11) is 0. The molecular weight excluding hydrogens is 260 g/mol. The lowest BCUT2D eigenvalue weighted by atomic mass is 9.99. The van der Waals surface area contributed by atoms with E-state index in [1.807, 2.05) is 37.4 Å². The number of H-pyrrole nitrogens is 1. The summed E-state index contributed by atoms with van der Waals surface area (Å²) >= 11 is 1.61. The molecule has 2 aromatic rings. The number of rotatable bonds is 5. The second-order valence-electron chi connectivity index (χ2n) is 4.54. The first kappa shape index (κ1) is 13.8. The van der Waals surface area contributed by atoms with Gasteiger partial charge in [-0.25, -0.2) is 0 Å². The van der Waals surface area contributed by atoms with Crippen LogP contribution in [0.4, 0.5) is 5.82 Å². The summed E-state index contributed by atoms with van der Waals surface area (Å²) in [5.41, 5.74) is 6.76. The predicted molar refractivity (Wildman–Crippen MR) is 78.0 cm³/mol. The molecule has 0 aliphatic carbocycles. The molecule has 0 aliphatic rings. The SMILES string of the molecule is CCC(C)C(N)C(=O)Nc1cc(-c2cccs2)[nH]n1. The molecule has 0 spiro atoms. The average Bonchev–Trinajstić information content (AvgIpc) is 3.06. The van der Waals surface area contributed by atoms with Crippen molar-refractivity contribution in [2.75, 3.05) is 5.32 Å². The lowest BCUT2D eigenvalue weighted by molar-refractivity contribution is -0.118. The van der Waals surface area contributed by atoms with Gasteiger partial charge in [-0.15, -0.1) is 11.3 Å². The van der Waals surface area contributed by atoms with Crippen molar-refractivity contribution < 1.29 is 4.79 Å². The van der Waals surface area contributed by atoms with Crippen LogP contribution in [0, 0.1) is 5.92 Å². The monoisotopic (exact) mass is 278 g/mol. The molecule has 102 valence electrons. The third-order valence-corrected chi connectivity index (χ3v) is 4.08. The van der Waals surface area contributed by atoms with Crippen LogP contribution in [0.2, 0.25) is 0 Å². The Kier molecular flexibility index (Phi) is 4.34. The van der Waals surface area contributed by atoms with E-state index in [9.17, 15) is 4.79 Å². The Hall–Kier alpha value is -1.66. The van der Waals surface area contributed by atoms with Crippen LogP contribution in [0.5, 0.6) is 0 Å². The van der Waals surface area contributed by atoms with Gasteiger partial charge in [-0.2, -0.15) is 5.10 Å². The van der Waals surface area contributed by atoms with Gasteiger partial charge in [0.15, 0.2) is 5.82 Å². The van der Waals surface area contributed by atoms with Gasteiger partial charge in [-0.3, -0.25) is 9.89 Å². The summed E-state index contributed by atoms with van der Waals surface area (Å²) < 4.78 is 0. The molecule has 6 heteroatoms. The van der Waals surface area contributed by atoms with Gasteiger partial charge < -0.3 is 11.1 Å². The maximum atomic E-state index is 11.9. The number of amides is 1. The Bertz CT molecular complexity index is 535. The molecule has 0 aliphatic heterocycles. The molecule has 0 saturated heterocycles. The van der Waals surface area contributed by atoms with E-state index in [1.54, 1.807) is 11.3 Å². The van der Waals surface area contributed by atoms with Gasteiger partial charge in [-0.05, 0) is 17.4 Å². The second kappa shape index (κ2) is 5.99. The van der Waals surface area contributed by atoms with Crippen molar-refractivity contribution in [3.8, 4) is 10.6 Å². The Labute approximate surface area is 116 Å². The van der Waals surface area contributed by atoms with Gasteiger partial charge >= 0.3 is 0 Å². The van der Waals surface area contributed by atoms with Crippen LogP contribution in [0.25, 0.3) is 10.6 Å². The fraction of sp³-hybridized carbons (Fsp3) is 0.385. The fourth-order valence-corrected chi connectivity index (χ4v) is 2.36. The Morgan fingerprint density at radius 3 is 3.05 bits per heavy atom. The predicted octanol–water partition coefficient (Wildman–Crippen LogP) is 2.45. The molecule has 2 heterocycles. The molecular formula is C13H18N4OS. The highest BCUT2D eigenvalue weighted by atomic mass is 32.1.